The molecule has 0 aliphatic carbocycles. The maximum absolute atomic E-state index is 10.2. The van der Waals surface area contributed by atoms with E-state index >= 15 is 0 Å². The van der Waals surface area contributed by atoms with E-state index in [9.17, 15) is 9.00 Å². The van der Waals surface area contributed by atoms with Gasteiger partial charge in [0.1, 0.15) is 5.78 Å². The Morgan fingerprint density at radius 2 is 2.33 bits per heavy atom. The smallest absolute Gasteiger partial charge is 0.300 e. The van der Waals surface area contributed by atoms with E-state index < -0.39 is 11.4 Å². The van der Waals surface area contributed by atoms with Crippen LogP contribution in [0.2, 0.25) is 0 Å². The van der Waals surface area contributed by atoms with Gasteiger partial charge in [0.25, 0.3) is 0 Å². The van der Waals surface area contributed by atoms with Gasteiger partial charge in [-0.2, -0.15) is 4.21 Å². The zero-order chi connectivity index (χ0) is 7.28. The number of carbonyl (C=O) groups excluding carboxylic acids is 1. The van der Waals surface area contributed by atoms with Crippen LogP contribution in [0.4, 0.5) is 0 Å². The number of rotatable bonds is 4. The molecule has 1 unspecified atom stereocenters. The van der Waals surface area contributed by atoms with Crippen LogP contribution in [0.15, 0.2) is 0 Å². The van der Waals surface area contributed by atoms with Crippen LogP contribution >= 0.6 is 0 Å². The van der Waals surface area contributed by atoms with Crippen molar-refractivity contribution in [3.63, 3.8) is 0 Å². The number of hydrogen-bond donors (Lipinski definition) is 1. The monoisotopic (exact) mass is 152 g/mol. The summed E-state index contributed by atoms with van der Waals surface area (Å²) in [5.41, 5.74) is 0. The van der Waals surface area contributed by atoms with Crippen molar-refractivity contribution in [3.8, 4) is 0 Å². The second-order valence-corrected chi connectivity index (χ2v) is 2.16. The van der Waals surface area contributed by atoms with Crippen LogP contribution in [0, 0.1) is 0 Å². The quantitative estimate of drug-likeness (QED) is 0.581. The lowest BCUT2D eigenvalue weighted by atomic mass is 10.3. The Morgan fingerprint density at radius 1 is 1.78 bits per heavy atom. The first kappa shape index (κ1) is 8.74. The van der Waals surface area contributed by atoms with Gasteiger partial charge in [0.05, 0.1) is 6.61 Å². The zero-order valence-electron chi connectivity index (χ0n) is 4.99. The molecule has 0 amide bonds. The van der Waals surface area contributed by atoms with Crippen molar-refractivity contribution < 1.29 is 17.7 Å². The highest BCUT2D eigenvalue weighted by Gasteiger charge is 1.95. The van der Waals surface area contributed by atoms with Gasteiger partial charge in [-0.05, 0) is 6.92 Å². The van der Waals surface area contributed by atoms with Crippen LogP contribution in [0.5, 0.6) is 0 Å². The molecule has 0 aliphatic heterocycles. The SMILES string of the molecule is CC(=O)CCOS(=O)O. The summed E-state index contributed by atoms with van der Waals surface area (Å²) in [6.07, 6.45) is 0.187. The molecule has 1 N–H and O–H groups in total. The lowest BCUT2D eigenvalue weighted by Crippen LogP contribution is -2.01. The number of Topliss-reactive ketones (excluding diaryl/α,β-unsaturated/α-hetero) is 1. The molecule has 0 rings (SSSR count). The van der Waals surface area contributed by atoms with E-state index in [0.717, 1.165) is 0 Å². The molecule has 0 fully saturated rings. The maximum atomic E-state index is 10.2. The van der Waals surface area contributed by atoms with Crippen LogP contribution in [-0.4, -0.2) is 21.2 Å². The predicted molar refractivity (Wildman–Crippen MR) is 32.0 cm³/mol. The van der Waals surface area contributed by atoms with E-state index in [-0.39, 0.29) is 18.8 Å². The summed E-state index contributed by atoms with van der Waals surface area (Å²) in [6, 6.07) is 0. The predicted octanol–water partition coefficient (Wildman–Crippen LogP) is 0.119. The van der Waals surface area contributed by atoms with Gasteiger partial charge in [-0.1, -0.05) is 0 Å². The average molecular weight is 152 g/mol. The summed E-state index contributed by atoms with van der Waals surface area (Å²) in [5.74, 6) is -0.0551. The summed E-state index contributed by atoms with van der Waals surface area (Å²) in [5, 5.41) is 0. The van der Waals surface area contributed by atoms with Gasteiger partial charge in [0.2, 0.25) is 0 Å². The Balaban J connectivity index is 3.10. The second-order valence-electron chi connectivity index (χ2n) is 1.49. The molecule has 0 heterocycles. The Hall–Kier alpha value is -0.260. The van der Waals surface area contributed by atoms with Crippen molar-refractivity contribution in [2.45, 2.75) is 13.3 Å². The third kappa shape index (κ3) is 7.74. The number of carbonyl (C=O) groups is 1. The Bertz CT molecular complexity index is 108. The van der Waals surface area contributed by atoms with E-state index in [0.29, 0.717) is 0 Å². The van der Waals surface area contributed by atoms with Gasteiger partial charge in [-0.15, -0.1) is 0 Å². The van der Waals surface area contributed by atoms with Crippen molar-refractivity contribution in [1.29, 1.82) is 0 Å². The first-order valence-electron chi connectivity index (χ1n) is 2.36. The van der Waals surface area contributed by atoms with Gasteiger partial charge in [-0.3, -0.25) is 13.5 Å². The standard InChI is InChI=1S/C4H8O4S/c1-4(5)2-3-8-9(6)7/h2-3H2,1H3,(H,6,7). The molecule has 0 aliphatic rings. The first-order chi connectivity index (χ1) is 4.13. The minimum Gasteiger partial charge on any atom is -0.300 e. The fourth-order valence-corrected chi connectivity index (χ4v) is 0.483. The van der Waals surface area contributed by atoms with Crippen LogP contribution in [0.3, 0.4) is 0 Å². The molecule has 0 saturated carbocycles. The molecule has 0 saturated heterocycles. The maximum Gasteiger partial charge on any atom is 0.301 e. The third-order valence-electron chi connectivity index (χ3n) is 0.638. The fourth-order valence-electron chi connectivity index (χ4n) is 0.257. The Labute approximate surface area is 55.7 Å². The van der Waals surface area contributed by atoms with E-state index in [1.807, 2.05) is 0 Å². The molecular formula is C4H8O4S. The summed E-state index contributed by atoms with van der Waals surface area (Å²) in [7, 11) is 0. The average Bonchev–Trinajstić information content (AvgIpc) is 1.63. The lowest BCUT2D eigenvalue weighted by Gasteiger charge is -1.92. The topological polar surface area (TPSA) is 63.6 Å². The molecule has 0 bridgehead atoms. The Kier molecular flexibility index (Phi) is 4.47. The van der Waals surface area contributed by atoms with Gasteiger partial charge in [0.15, 0.2) is 0 Å². The molecule has 54 valence electrons. The van der Waals surface area contributed by atoms with E-state index in [4.69, 9.17) is 4.55 Å². The minimum atomic E-state index is -2.23. The fraction of sp³-hybridized carbons (Fsp3) is 0.750. The van der Waals surface area contributed by atoms with Crippen molar-refractivity contribution in [1.82, 2.24) is 0 Å². The first-order valence-corrected chi connectivity index (χ1v) is 3.39. The number of ketones is 1. The Morgan fingerprint density at radius 3 is 2.67 bits per heavy atom. The summed E-state index contributed by atoms with van der Waals surface area (Å²) < 4.78 is 21.9. The number of hydrogen-bond acceptors (Lipinski definition) is 3. The lowest BCUT2D eigenvalue weighted by molar-refractivity contribution is -0.117. The van der Waals surface area contributed by atoms with Crippen LogP contribution in [0.25, 0.3) is 0 Å². The molecule has 0 aromatic carbocycles. The molecular weight excluding hydrogens is 144 g/mol. The van der Waals surface area contributed by atoms with Gasteiger partial charge in [0, 0.05) is 6.42 Å². The minimum absolute atomic E-state index is 0.0123. The van der Waals surface area contributed by atoms with E-state index in [2.05, 4.69) is 4.18 Å². The van der Waals surface area contributed by atoms with Gasteiger partial charge < -0.3 is 0 Å². The highest BCUT2D eigenvalue weighted by Crippen LogP contribution is 1.85. The van der Waals surface area contributed by atoms with Crippen LogP contribution in [-0.2, 0) is 20.3 Å². The molecule has 1 atom stereocenters. The van der Waals surface area contributed by atoms with Crippen LogP contribution in [0.1, 0.15) is 13.3 Å². The van der Waals surface area contributed by atoms with E-state index in [1.165, 1.54) is 6.92 Å². The molecule has 0 aromatic rings. The highest BCUT2D eigenvalue weighted by atomic mass is 32.2. The van der Waals surface area contributed by atoms with Crippen molar-refractivity contribution in [2.24, 2.45) is 0 Å². The normalized spacial score (nSPS) is 13.1. The van der Waals surface area contributed by atoms with Gasteiger partial charge in [-0.25, -0.2) is 0 Å². The van der Waals surface area contributed by atoms with Crippen molar-refractivity contribution in [2.75, 3.05) is 6.61 Å². The highest BCUT2D eigenvalue weighted by molar-refractivity contribution is 7.74. The molecule has 0 radical (unpaired) electrons. The molecule has 4 nitrogen and oxygen atoms in total. The van der Waals surface area contributed by atoms with Crippen molar-refractivity contribution >= 4 is 17.1 Å². The van der Waals surface area contributed by atoms with E-state index in [1.54, 1.807) is 0 Å². The van der Waals surface area contributed by atoms with Crippen molar-refractivity contribution in [3.05, 3.63) is 0 Å². The summed E-state index contributed by atoms with van der Waals surface area (Å²) in [6.45, 7) is 1.40. The summed E-state index contributed by atoms with van der Waals surface area (Å²) in [4.78, 5) is 10.2. The molecule has 5 heteroatoms. The third-order valence-corrected chi connectivity index (χ3v) is 1.01. The largest absolute Gasteiger partial charge is 0.301 e. The summed E-state index contributed by atoms with van der Waals surface area (Å²) >= 11 is -2.23. The molecule has 0 spiro atoms. The molecule has 0 aromatic heterocycles. The second kappa shape index (κ2) is 4.60. The zero-order valence-corrected chi connectivity index (χ0v) is 5.81. The van der Waals surface area contributed by atoms with Gasteiger partial charge >= 0.3 is 11.4 Å². The van der Waals surface area contributed by atoms with Crippen LogP contribution < -0.4 is 0 Å². The molecule has 9 heavy (non-hydrogen) atoms.